The summed E-state index contributed by atoms with van der Waals surface area (Å²) in [6.07, 6.45) is 5.40. The molecule has 0 amide bonds. The maximum atomic E-state index is 5.60. The Morgan fingerprint density at radius 2 is 2.47 bits per heavy atom. The molecular weight excluding hydrogens is 254 g/mol. The minimum absolute atomic E-state index is 0.204. The highest BCUT2D eigenvalue weighted by molar-refractivity contribution is 9.10. The van der Waals surface area contributed by atoms with Crippen LogP contribution in [0.3, 0.4) is 0 Å². The van der Waals surface area contributed by atoms with Gasteiger partial charge in [0.15, 0.2) is 0 Å². The molecule has 1 aliphatic rings. The van der Waals surface area contributed by atoms with E-state index in [0.29, 0.717) is 6.04 Å². The zero-order valence-electron chi connectivity index (χ0n) is 9.35. The van der Waals surface area contributed by atoms with Crippen molar-refractivity contribution >= 4 is 15.9 Å². The number of hydrogen-bond donors (Lipinski definition) is 1. The molecule has 1 N–H and O–H groups in total. The lowest BCUT2D eigenvalue weighted by atomic mass is 9.86. The Hall–Kier alpha value is -0.280. The molecule has 0 spiro atoms. The van der Waals surface area contributed by atoms with Crippen LogP contribution >= 0.6 is 15.9 Å². The predicted molar refractivity (Wildman–Crippen MR) is 65.1 cm³/mol. The first-order valence-corrected chi connectivity index (χ1v) is 6.42. The topological polar surface area (TPSA) is 25.2 Å². The van der Waals surface area contributed by atoms with Crippen LogP contribution in [0.5, 0.6) is 0 Å². The highest BCUT2D eigenvalue weighted by Crippen LogP contribution is 2.43. The van der Waals surface area contributed by atoms with Gasteiger partial charge in [-0.15, -0.1) is 0 Å². The average Bonchev–Trinajstić information content (AvgIpc) is 2.75. The fourth-order valence-electron chi connectivity index (χ4n) is 2.63. The Balaban J connectivity index is 2.13. The minimum atomic E-state index is 0.204. The van der Waals surface area contributed by atoms with Gasteiger partial charge in [-0.1, -0.05) is 13.8 Å². The van der Waals surface area contributed by atoms with Gasteiger partial charge in [-0.05, 0) is 47.8 Å². The Kier molecular flexibility index (Phi) is 3.21. The number of rotatable bonds is 3. The fourth-order valence-corrected chi connectivity index (χ4v) is 3.31. The Morgan fingerprint density at radius 3 is 3.07 bits per heavy atom. The standard InChI is InChI=1S/C12H18BrNO/c1-3-14-9-4-6-12(2,8-9)11-10(13)5-7-15-11/h5,7,9,14H,3-4,6,8H2,1-2H3. The molecule has 84 valence electrons. The number of halogens is 1. The van der Waals surface area contributed by atoms with Crippen LogP contribution in [0.15, 0.2) is 21.2 Å². The molecule has 2 rings (SSSR count). The molecule has 1 fully saturated rings. The van der Waals surface area contributed by atoms with Crippen molar-refractivity contribution in [1.82, 2.24) is 5.32 Å². The van der Waals surface area contributed by atoms with E-state index in [-0.39, 0.29) is 5.41 Å². The van der Waals surface area contributed by atoms with Crippen LogP contribution in [-0.2, 0) is 5.41 Å². The minimum Gasteiger partial charge on any atom is -0.468 e. The summed E-state index contributed by atoms with van der Waals surface area (Å²) in [5.74, 6) is 1.11. The van der Waals surface area contributed by atoms with Gasteiger partial charge in [0.2, 0.25) is 0 Å². The normalized spacial score (nSPS) is 31.0. The Labute approximate surface area is 99.6 Å². The summed E-state index contributed by atoms with van der Waals surface area (Å²) < 4.78 is 6.72. The summed E-state index contributed by atoms with van der Waals surface area (Å²) in [6, 6.07) is 2.64. The van der Waals surface area contributed by atoms with Gasteiger partial charge in [0.1, 0.15) is 5.76 Å². The monoisotopic (exact) mass is 271 g/mol. The van der Waals surface area contributed by atoms with Crippen molar-refractivity contribution in [2.75, 3.05) is 6.54 Å². The Morgan fingerprint density at radius 1 is 1.67 bits per heavy atom. The molecule has 1 aromatic rings. The van der Waals surface area contributed by atoms with Gasteiger partial charge < -0.3 is 9.73 Å². The van der Waals surface area contributed by atoms with E-state index in [0.717, 1.165) is 16.8 Å². The maximum absolute atomic E-state index is 5.60. The third-order valence-corrected chi connectivity index (χ3v) is 4.02. The highest BCUT2D eigenvalue weighted by Gasteiger charge is 2.39. The first kappa shape index (κ1) is 11.2. The van der Waals surface area contributed by atoms with Crippen LogP contribution < -0.4 is 5.32 Å². The second kappa shape index (κ2) is 4.30. The van der Waals surface area contributed by atoms with E-state index >= 15 is 0 Å². The average molecular weight is 272 g/mol. The molecule has 2 unspecified atom stereocenters. The van der Waals surface area contributed by atoms with Crippen LogP contribution in [0.2, 0.25) is 0 Å². The quantitative estimate of drug-likeness (QED) is 0.911. The molecule has 1 aliphatic carbocycles. The molecule has 0 bridgehead atoms. The first-order valence-electron chi connectivity index (χ1n) is 5.62. The second-order valence-electron chi connectivity index (χ2n) is 4.66. The van der Waals surface area contributed by atoms with Crippen molar-refractivity contribution in [2.24, 2.45) is 0 Å². The summed E-state index contributed by atoms with van der Waals surface area (Å²) in [4.78, 5) is 0. The molecule has 0 saturated heterocycles. The highest BCUT2D eigenvalue weighted by atomic mass is 79.9. The Bertz CT molecular complexity index is 336. The maximum Gasteiger partial charge on any atom is 0.123 e. The van der Waals surface area contributed by atoms with Gasteiger partial charge in [-0.25, -0.2) is 0 Å². The smallest absolute Gasteiger partial charge is 0.123 e. The van der Waals surface area contributed by atoms with Gasteiger partial charge in [-0.2, -0.15) is 0 Å². The van der Waals surface area contributed by atoms with Gasteiger partial charge in [0.05, 0.1) is 10.7 Å². The van der Waals surface area contributed by atoms with E-state index in [1.54, 1.807) is 6.26 Å². The van der Waals surface area contributed by atoms with Crippen molar-refractivity contribution < 1.29 is 4.42 Å². The van der Waals surface area contributed by atoms with E-state index in [1.165, 1.54) is 19.3 Å². The lowest BCUT2D eigenvalue weighted by Crippen LogP contribution is -2.28. The zero-order chi connectivity index (χ0) is 10.9. The van der Waals surface area contributed by atoms with Crippen LogP contribution in [0.1, 0.15) is 38.9 Å². The SMILES string of the molecule is CCNC1CCC(C)(c2occc2Br)C1. The van der Waals surface area contributed by atoms with Crippen LogP contribution in [-0.4, -0.2) is 12.6 Å². The van der Waals surface area contributed by atoms with Crippen molar-refractivity contribution in [3.63, 3.8) is 0 Å². The molecule has 1 heterocycles. The van der Waals surface area contributed by atoms with Crippen LogP contribution in [0.25, 0.3) is 0 Å². The van der Waals surface area contributed by atoms with Gasteiger partial charge in [0.25, 0.3) is 0 Å². The molecule has 0 aliphatic heterocycles. The molecule has 3 heteroatoms. The molecule has 1 saturated carbocycles. The molecule has 2 nitrogen and oxygen atoms in total. The second-order valence-corrected chi connectivity index (χ2v) is 5.51. The van der Waals surface area contributed by atoms with Gasteiger partial charge in [-0.3, -0.25) is 0 Å². The lowest BCUT2D eigenvalue weighted by molar-refractivity contribution is 0.355. The first-order chi connectivity index (χ1) is 7.15. The van der Waals surface area contributed by atoms with E-state index in [1.807, 2.05) is 6.07 Å². The van der Waals surface area contributed by atoms with E-state index < -0.39 is 0 Å². The summed E-state index contributed by atoms with van der Waals surface area (Å²) >= 11 is 3.56. The van der Waals surface area contributed by atoms with E-state index in [2.05, 4.69) is 35.1 Å². The van der Waals surface area contributed by atoms with Crippen molar-refractivity contribution in [3.8, 4) is 0 Å². The van der Waals surface area contributed by atoms with Crippen LogP contribution in [0, 0.1) is 0 Å². The molecule has 15 heavy (non-hydrogen) atoms. The summed E-state index contributed by atoms with van der Waals surface area (Å²) in [5.41, 5.74) is 0.204. The molecule has 2 atom stereocenters. The summed E-state index contributed by atoms with van der Waals surface area (Å²) in [7, 11) is 0. The largest absolute Gasteiger partial charge is 0.468 e. The van der Waals surface area contributed by atoms with Crippen molar-refractivity contribution in [2.45, 2.75) is 44.6 Å². The van der Waals surface area contributed by atoms with Gasteiger partial charge in [0, 0.05) is 11.5 Å². The van der Waals surface area contributed by atoms with Crippen LogP contribution in [0.4, 0.5) is 0 Å². The third-order valence-electron chi connectivity index (χ3n) is 3.40. The van der Waals surface area contributed by atoms with E-state index in [4.69, 9.17) is 4.42 Å². The number of hydrogen-bond acceptors (Lipinski definition) is 2. The zero-order valence-corrected chi connectivity index (χ0v) is 10.9. The predicted octanol–water partition coefficient (Wildman–Crippen LogP) is 3.46. The summed E-state index contributed by atoms with van der Waals surface area (Å²) in [5, 5.41) is 3.52. The molecule has 0 radical (unpaired) electrons. The lowest BCUT2D eigenvalue weighted by Gasteiger charge is -2.22. The molecule has 0 aromatic carbocycles. The fraction of sp³-hybridized carbons (Fsp3) is 0.667. The molecule has 1 aromatic heterocycles. The number of nitrogens with one attached hydrogen (secondary N) is 1. The van der Waals surface area contributed by atoms with Crippen molar-refractivity contribution in [3.05, 3.63) is 22.6 Å². The number of furan rings is 1. The van der Waals surface area contributed by atoms with Gasteiger partial charge >= 0.3 is 0 Å². The van der Waals surface area contributed by atoms with Crippen molar-refractivity contribution in [1.29, 1.82) is 0 Å². The molecular formula is C12H18BrNO. The van der Waals surface area contributed by atoms with E-state index in [9.17, 15) is 0 Å². The summed E-state index contributed by atoms with van der Waals surface area (Å²) in [6.45, 7) is 5.52. The third kappa shape index (κ3) is 2.13.